The Bertz CT molecular complexity index is 742. The van der Waals surface area contributed by atoms with E-state index >= 15 is 0 Å². The van der Waals surface area contributed by atoms with E-state index in [9.17, 15) is 9.59 Å². The number of aryl methyl sites for hydroxylation is 2. The lowest BCUT2D eigenvalue weighted by Crippen LogP contribution is -2.19. The Kier molecular flexibility index (Phi) is 8.64. The van der Waals surface area contributed by atoms with Gasteiger partial charge in [0.2, 0.25) is 5.91 Å². The van der Waals surface area contributed by atoms with E-state index in [0.717, 1.165) is 11.3 Å². The van der Waals surface area contributed by atoms with Gasteiger partial charge in [-0.1, -0.05) is 12.1 Å². The summed E-state index contributed by atoms with van der Waals surface area (Å²) in [6.45, 7) is 3.68. The van der Waals surface area contributed by atoms with E-state index in [4.69, 9.17) is 9.47 Å². The molecule has 26 heavy (non-hydrogen) atoms. The maximum atomic E-state index is 12.3. The molecule has 8 heteroatoms. The molecule has 0 aliphatic carbocycles. The lowest BCUT2D eigenvalue weighted by molar-refractivity contribution is -0.115. The number of alkyl halides is 1. The van der Waals surface area contributed by atoms with Crippen LogP contribution in [-0.4, -0.2) is 41.8 Å². The number of halogens is 1. The van der Waals surface area contributed by atoms with Crippen LogP contribution in [0.1, 0.15) is 28.5 Å². The minimum absolute atomic E-state index is 0.177. The molecule has 1 aromatic carbocycles. The van der Waals surface area contributed by atoms with Gasteiger partial charge >= 0.3 is 5.97 Å². The van der Waals surface area contributed by atoms with Gasteiger partial charge in [0.05, 0.1) is 25.8 Å². The van der Waals surface area contributed by atoms with Crippen LogP contribution in [0.3, 0.4) is 0 Å². The fourth-order valence-electron chi connectivity index (χ4n) is 2.35. The predicted molar refractivity (Wildman–Crippen MR) is 101 cm³/mol. The van der Waals surface area contributed by atoms with E-state index in [-0.39, 0.29) is 24.5 Å². The van der Waals surface area contributed by atoms with Gasteiger partial charge in [0.25, 0.3) is 0 Å². The van der Waals surface area contributed by atoms with Gasteiger partial charge in [0.1, 0.15) is 17.1 Å². The van der Waals surface area contributed by atoms with Crippen molar-refractivity contribution in [2.24, 2.45) is 7.05 Å². The Balaban J connectivity index is 0.00000163. The Morgan fingerprint density at radius 3 is 2.38 bits per heavy atom. The average molecular weight is 382 g/mol. The third-order valence-electron chi connectivity index (χ3n) is 3.48. The topological polar surface area (TPSA) is 82.5 Å². The normalized spacial score (nSPS) is 9.77. The van der Waals surface area contributed by atoms with Crippen LogP contribution < -0.4 is 10.1 Å². The molecule has 2 rings (SSSR count). The first-order chi connectivity index (χ1) is 12.5. The van der Waals surface area contributed by atoms with Gasteiger partial charge < -0.3 is 14.8 Å². The number of methoxy groups -OCH3 is 1. The molecule has 0 bridgehead atoms. The maximum absolute atomic E-state index is 12.3. The molecule has 1 N–H and O–H groups in total. The molecule has 1 amide bonds. The van der Waals surface area contributed by atoms with E-state index in [1.54, 1.807) is 40.1 Å². The van der Waals surface area contributed by atoms with Crippen molar-refractivity contribution in [1.82, 2.24) is 9.78 Å². The zero-order valence-corrected chi connectivity index (χ0v) is 16.4. The van der Waals surface area contributed by atoms with Crippen molar-refractivity contribution in [2.45, 2.75) is 20.3 Å². The van der Waals surface area contributed by atoms with Gasteiger partial charge in [-0.2, -0.15) is 5.10 Å². The van der Waals surface area contributed by atoms with Crippen molar-refractivity contribution in [3.05, 3.63) is 41.1 Å². The smallest absolute Gasteiger partial charge is 0.343 e. The van der Waals surface area contributed by atoms with Crippen LogP contribution >= 0.6 is 11.6 Å². The molecular formula is C18H24ClN3O4. The summed E-state index contributed by atoms with van der Waals surface area (Å²) in [6.07, 6.45) is 1.65. The molecule has 0 aliphatic heterocycles. The van der Waals surface area contributed by atoms with Crippen LogP contribution in [0.2, 0.25) is 0 Å². The summed E-state index contributed by atoms with van der Waals surface area (Å²) in [4.78, 5) is 24.4. The standard InChI is InChI=1S/C17H21N3O4.CH3Cl/c1-5-24-17(22)15-11(2)19-20(3)16(15)18-14(21)10-12-6-8-13(23-4)9-7-12;1-2/h6-9H,5,10H2,1-4H3,(H,18,21);1H3. The van der Waals surface area contributed by atoms with Crippen LogP contribution in [0.25, 0.3) is 0 Å². The minimum Gasteiger partial charge on any atom is -0.497 e. The first-order valence-corrected chi connectivity index (χ1v) is 8.73. The number of hydrogen-bond donors (Lipinski definition) is 1. The summed E-state index contributed by atoms with van der Waals surface area (Å²) in [5.41, 5.74) is 1.63. The highest BCUT2D eigenvalue weighted by atomic mass is 35.5. The van der Waals surface area contributed by atoms with Gasteiger partial charge in [-0.15, -0.1) is 11.6 Å². The zero-order valence-electron chi connectivity index (χ0n) is 15.6. The summed E-state index contributed by atoms with van der Waals surface area (Å²) >= 11 is 4.64. The highest BCUT2D eigenvalue weighted by Gasteiger charge is 2.22. The Morgan fingerprint density at radius 2 is 1.85 bits per heavy atom. The van der Waals surface area contributed by atoms with Gasteiger partial charge in [0, 0.05) is 13.4 Å². The number of nitrogens with zero attached hydrogens (tertiary/aromatic N) is 2. The first-order valence-electron chi connectivity index (χ1n) is 7.97. The molecule has 0 spiro atoms. The number of carbonyl (C=O) groups excluding carboxylic acids is 2. The van der Waals surface area contributed by atoms with Crippen LogP contribution in [0.5, 0.6) is 5.75 Å². The Labute approximate surface area is 158 Å². The van der Waals surface area contributed by atoms with Crippen LogP contribution in [0, 0.1) is 6.92 Å². The van der Waals surface area contributed by atoms with E-state index < -0.39 is 5.97 Å². The number of anilines is 1. The van der Waals surface area contributed by atoms with Crippen LogP contribution in [0.4, 0.5) is 5.82 Å². The van der Waals surface area contributed by atoms with Crippen LogP contribution in [-0.2, 0) is 23.0 Å². The molecule has 0 radical (unpaired) electrons. The second-order valence-electron chi connectivity index (χ2n) is 5.23. The van der Waals surface area contributed by atoms with E-state index in [0.29, 0.717) is 11.5 Å². The highest BCUT2D eigenvalue weighted by Crippen LogP contribution is 2.20. The van der Waals surface area contributed by atoms with Crippen molar-refractivity contribution in [2.75, 3.05) is 25.4 Å². The second-order valence-corrected chi connectivity index (χ2v) is 5.23. The fraction of sp³-hybridized carbons (Fsp3) is 0.389. The molecular weight excluding hydrogens is 358 g/mol. The maximum Gasteiger partial charge on any atom is 0.343 e. The number of carbonyl (C=O) groups is 2. The number of rotatable bonds is 6. The molecule has 0 atom stereocenters. The van der Waals surface area contributed by atoms with Crippen molar-refractivity contribution >= 4 is 29.3 Å². The number of benzene rings is 1. The van der Waals surface area contributed by atoms with Gasteiger partial charge in [-0.25, -0.2) is 4.79 Å². The summed E-state index contributed by atoms with van der Waals surface area (Å²) in [6, 6.07) is 7.22. The second kappa shape index (κ2) is 10.5. The SMILES string of the molecule is CCOC(=O)c1c(C)nn(C)c1NC(=O)Cc1ccc(OC)cc1.CCl. The van der Waals surface area contributed by atoms with Crippen molar-refractivity contribution in [3.63, 3.8) is 0 Å². The number of esters is 1. The summed E-state index contributed by atoms with van der Waals surface area (Å²) in [7, 11) is 3.25. The fourth-order valence-corrected chi connectivity index (χ4v) is 2.35. The molecule has 142 valence electrons. The third-order valence-corrected chi connectivity index (χ3v) is 3.48. The number of nitrogens with one attached hydrogen (secondary N) is 1. The van der Waals surface area contributed by atoms with E-state index in [1.165, 1.54) is 11.1 Å². The quantitative estimate of drug-likeness (QED) is 0.614. The summed E-state index contributed by atoms with van der Waals surface area (Å²) < 4.78 is 11.6. The van der Waals surface area contributed by atoms with Gasteiger partial charge in [0.15, 0.2) is 0 Å². The molecule has 1 heterocycles. The molecule has 0 fully saturated rings. The zero-order chi connectivity index (χ0) is 19.7. The molecule has 0 aliphatic rings. The minimum atomic E-state index is -0.497. The molecule has 0 saturated heterocycles. The number of hydrogen-bond acceptors (Lipinski definition) is 5. The molecule has 0 unspecified atom stereocenters. The Hall–Kier alpha value is -2.54. The average Bonchev–Trinajstić information content (AvgIpc) is 2.91. The number of ether oxygens (including phenoxy) is 2. The molecule has 2 aromatic rings. The van der Waals surface area contributed by atoms with E-state index in [1.807, 2.05) is 12.1 Å². The number of amides is 1. The predicted octanol–water partition coefficient (Wildman–Crippen LogP) is 2.95. The Morgan fingerprint density at radius 1 is 1.23 bits per heavy atom. The van der Waals surface area contributed by atoms with Crippen molar-refractivity contribution < 1.29 is 19.1 Å². The first kappa shape index (κ1) is 21.5. The molecule has 7 nitrogen and oxygen atoms in total. The molecule has 1 aromatic heterocycles. The monoisotopic (exact) mass is 381 g/mol. The third kappa shape index (κ3) is 5.49. The lowest BCUT2D eigenvalue weighted by Gasteiger charge is -2.09. The van der Waals surface area contributed by atoms with E-state index in [2.05, 4.69) is 22.0 Å². The van der Waals surface area contributed by atoms with Gasteiger partial charge in [-0.3, -0.25) is 9.48 Å². The van der Waals surface area contributed by atoms with Gasteiger partial charge in [-0.05, 0) is 31.5 Å². The summed E-state index contributed by atoms with van der Waals surface area (Å²) in [5.74, 6) is 0.326. The highest BCUT2D eigenvalue weighted by molar-refractivity contribution is 6.15. The summed E-state index contributed by atoms with van der Waals surface area (Å²) in [5, 5.41) is 6.93. The van der Waals surface area contributed by atoms with Crippen molar-refractivity contribution in [1.29, 1.82) is 0 Å². The van der Waals surface area contributed by atoms with Crippen LogP contribution in [0.15, 0.2) is 24.3 Å². The lowest BCUT2D eigenvalue weighted by atomic mass is 10.1. The van der Waals surface area contributed by atoms with Crippen molar-refractivity contribution in [3.8, 4) is 5.75 Å². The molecule has 0 saturated carbocycles. The number of aromatic nitrogens is 2. The largest absolute Gasteiger partial charge is 0.497 e.